The lowest BCUT2D eigenvalue weighted by Crippen LogP contribution is -2.57. The van der Waals surface area contributed by atoms with E-state index in [2.05, 4.69) is 0 Å². The highest BCUT2D eigenvalue weighted by atomic mass is 16.7. The molecule has 2 heterocycles. The number of aliphatic hydroxyl groups is 4. The van der Waals surface area contributed by atoms with E-state index >= 15 is 0 Å². The first kappa shape index (κ1) is 15.1. The minimum Gasteiger partial charge on any atom is -0.390 e. The molecule has 2 fully saturated rings. The third kappa shape index (κ3) is 3.25. The summed E-state index contributed by atoms with van der Waals surface area (Å²) < 4.78 is 16.2. The summed E-state index contributed by atoms with van der Waals surface area (Å²) in [6.07, 6.45) is -6.32. The molecule has 0 saturated carbocycles. The summed E-state index contributed by atoms with van der Waals surface area (Å²) in [5.41, 5.74) is 0. The van der Waals surface area contributed by atoms with Gasteiger partial charge >= 0.3 is 0 Å². The summed E-state index contributed by atoms with van der Waals surface area (Å²) in [4.78, 5) is 0. The molecule has 0 bridgehead atoms. The fraction of sp³-hybridized carbons (Fsp3) is 1.00. The number of hydrogen-bond acceptors (Lipinski definition) is 7. The van der Waals surface area contributed by atoms with Gasteiger partial charge in [0.1, 0.15) is 24.4 Å². The molecule has 0 aromatic rings. The van der Waals surface area contributed by atoms with Gasteiger partial charge in [-0.3, -0.25) is 0 Å². The highest BCUT2D eigenvalue weighted by Gasteiger charge is 2.42. The van der Waals surface area contributed by atoms with E-state index in [0.29, 0.717) is 0 Å². The zero-order valence-electron chi connectivity index (χ0n) is 11.0. The monoisotopic (exact) mass is 278 g/mol. The molecule has 2 rings (SSSR count). The second-order valence-corrected chi connectivity index (χ2v) is 5.28. The standard InChI is InChI=1S/C12H22O7/c1-5-7(13)3-8(14)12(18-5)19-11-6(2)17-4-9(15)10(11)16/h5-16H,3-4H2,1-2H3/t5-,6?,7+,8+,9-,10-,11-,12-/m0/s1. The lowest BCUT2D eigenvalue weighted by Gasteiger charge is -2.42. The van der Waals surface area contributed by atoms with E-state index in [1.807, 2.05) is 0 Å². The zero-order valence-corrected chi connectivity index (χ0v) is 11.0. The van der Waals surface area contributed by atoms with Gasteiger partial charge in [-0.25, -0.2) is 0 Å². The van der Waals surface area contributed by atoms with Crippen LogP contribution in [0.2, 0.25) is 0 Å². The molecule has 2 aliphatic rings. The summed E-state index contributed by atoms with van der Waals surface area (Å²) in [5, 5.41) is 38.9. The molecule has 112 valence electrons. The maximum Gasteiger partial charge on any atom is 0.184 e. The van der Waals surface area contributed by atoms with Crippen molar-refractivity contribution in [2.24, 2.45) is 0 Å². The highest BCUT2D eigenvalue weighted by Crippen LogP contribution is 2.26. The molecule has 0 aromatic heterocycles. The molecule has 7 nitrogen and oxygen atoms in total. The van der Waals surface area contributed by atoms with E-state index in [4.69, 9.17) is 14.2 Å². The van der Waals surface area contributed by atoms with E-state index in [1.165, 1.54) is 0 Å². The van der Waals surface area contributed by atoms with Crippen LogP contribution in [0.3, 0.4) is 0 Å². The second kappa shape index (κ2) is 6.01. The van der Waals surface area contributed by atoms with E-state index in [-0.39, 0.29) is 13.0 Å². The Bertz CT molecular complexity index is 300. The summed E-state index contributed by atoms with van der Waals surface area (Å²) in [6.45, 7) is 3.44. The van der Waals surface area contributed by atoms with Gasteiger partial charge in [-0.15, -0.1) is 0 Å². The molecule has 0 amide bonds. The molecule has 4 N–H and O–H groups in total. The fourth-order valence-corrected chi connectivity index (χ4v) is 2.35. The zero-order chi connectivity index (χ0) is 14.2. The van der Waals surface area contributed by atoms with Gasteiger partial charge < -0.3 is 34.6 Å². The number of hydrogen-bond donors (Lipinski definition) is 4. The van der Waals surface area contributed by atoms with Crippen LogP contribution in [0, 0.1) is 0 Å². The molecule has 0 spiro atoms. The molecule has 2 saturated heterocycles. The minimum atomic E-state index is -1.10. The van der Waals surface area contributed by atoms with Crippen LogP contribution in [0.4, 0.5) is 0 Å². The smallest absolute Gasteiger partial charge is 0.184 e. The Morgan fingerprint density at radius 1 is 0.947 bits per heavy atom. The van der Waals surface area contributed by atoms with Crippen molar-refractivity contribution in [3.05, 3.63) is 0 Å². The molecule has 1 unspecified atom stereocenters. The van der Waals surface area contributed by atoms with Gasteiger partial charge in [0.15, 0.2) is 6.29 Å². The van der Waals surface area contributed by atoms with Crippen molar-refractivity contribution in [3.63, 3.8) is 0 Å². The van der Waals surface area contributed by atoms with Gasteiger partial charge in [0.25, 0.3) is 0 Å². The van der Waals surface area contributed by atoms with E-state index in [1.54, 1.807) is 13.8 Å². The predicted molar refractivity (Wildman–Crippen MR) is 63.3 cm³/mol. The maximum absolute atomic E-state index is 9.90. The van der Waals surface area contributed by atoms with E-state index < -0.39 is 49.0 Å². The SMILES string of the molecule is CC1OC[C@H](O)[C@H](O)[C@H]1O[C@@H]1O[C@@H](C)[C@H](O)C[C@H]1O. The molecule has 2 aliphatic heterocycles. The van der Waals surface area contributed by atoms with Crippen molar-refractivity contribution in [1.29, 1.82) is 0 Å². The summed E-state index contributed by atoms with van der Waals surface area (Å²) >= 11 is 0. The summed E-state index contributed by atoms with van der Waals surface area (Å²) in [5.74, 6) is 0. The molecule has 0 radical (unpaired) electrons. The Hall–Kier alpha value is -0.280. The van der Waals surface area contributed by atoms with Crippen LogP contribution in [-0.2, 0) is 14.2 Å². The second-order valence-electron chi connectivity index (χ2n) is 5.28. The van der Waals surface area contributed by atoms with Crippen LogP contribution in [-0.4, -0.2) is 76.1 Å². The molecular weight excluding hydrogens is 256 g/mol. The maximum atomic E-state index is 9.90. The van der Waals surface area contributed by atoms with Crippen LogP contribution >= 0.6 is 0 Å². The van der Waals surface area contributed by atoms with Crippen molar-refractivity contribution < 1.29 is 34.6 Å². The average Bonchev–Trinajstić information content (AvgIpc) is 2.36. The van der Waals surface area contributed by atoms with Crippen molar-refractivity contribution >= 4 is 0 Å². The number of ether oxygens (including phenoxy) is 3. The molecule has 0 aromatic carbocycles. The van der Waals surface area contributed by atoms with Gasteiger partial charge in [-0.1, -0.05) is 0 Å². The van der Waals surface area contributed by atoms with Crippen molar-refractivity contribution in [1.82, 2.24) is 0 Å². The van der Waals surface area contributed by atoms with E-state index in [0.717, 1.165) is 0 Å². The normalized spacial score (nSPS) is 52.1. The first-order valence-corrected chi connectivity index (χ1v) is 6.55. The largest absolute Gasteiger partial charge is 0.390 e. The third-order valence-corrected chi connectivity index (χ3v) is 3.70. The predicted octanol–water partition coefficient (Wildman–Crippen LogP) is -1.63. The van der Waals surface area contributed by atoms with Crippen molar-refractivity contribution in [2.45, 2.75) is 69.3 Å². The highest BCUT2D eigenvalue weighted by molar-refractivity contribution is 4.88. The summed E-state index contributed by atoms with van der Waals surface area (Å²) in [6, 6.07) is 0. The van der Waals surface area contributed by atoms with Crippen molar-refractivity contribution in [3.8, 4) is 0 Å². The molecular formula is C12H22O7. The third-order valence-electron chi connectivity index (χ3n) is 3.70. The Labute approximate surface area is 111 Å². The van der Waals surface area contributed by atoms with Crippen LogP contribution in [0.25, 0.3) is 0 Å². The van der Waals surface area contributed by atoms with Gasteiger partial charge in [0.2, 0.25) is 0 Å². The quantitative estimate of drug-likeness (QED) is 0.480. The lowest BCUT2D eigenvalue weighted by atomic mass is 10.00. The molecule has 7 heteroatoms. The fourth-order valence-electron chi connectivity index (χ4n) is 2.35. The van der Waals surface area contributed by atoms with Gasteiger partial charge in [-0.2, -0.15) is 0 Å². The molecule has 8 atom stereocenters. The van der Waals surface area contributed by atoms with Gasteiger partial charge in [0.05, 0.1) is 24.9 Å². The summed E-state index contributed by atoms with van der Waals surface area (Å²) in [7, 11) is 0. The Kier molecular flexibility index (Phi) is 4.78. The Morgan fingerprint density at radius 3 is 2.32 bits per heavy atom. The van der Waals surface area contributed by atoms with Crippen molar-refractivity contribution in [2.75, 3.05) is 6.61 Å². The lowest BCUT2D eigenvalue weighted by molar-refractivity contribution is -0.309. The topological polar surface area (TPSA) is 109 Å². The number of aliphatic hydroxyl groups excluding tert-OH is 4. The van der Waals surface area contributed by atoms with Crippen LogP contribution in [0.15, 0.2) is 0 Å². The van der Waals surface area contributed by atoms with Gasteiger partial charge in [0, 0.05) is 6.42 Å². The van der Waals surface area contributed by atoms with Crippen LogP contribution in [0.1, 0.15) is 20.3 Å². The number of rotatable bonds is 2. The van der Waals surface area contributed by atoms with Crippen LogP contribution in [0.5, 0.6) is 0 Å². The van der Waals surface area contributed by atoms with E-state index in [9.17, 15) is 20.4 Å². The van der Waals surface area contributed by atoms with Gasteiger partial charge in [-0.05, 0) is 13.8 Å². The molecule has 0 aliphatic carbocycles. The Morgan fingerprint density at radius 2 is 1.63 bits per heavy atom. The molecule has 19 heavy (non-hydrogen) atoms. The minimum absolute atomic E-state index is 0.0470. The Balaban J connectivity index is 1.99. The average molecular weight is 278 g/mol. The first-order chi connectivity index (χ1) is 8.90. The first-order valence-electron chi connectivity index (χ1n) is 6.55. The van der Waals surface area contributed by atoms with Crippen LogP contribution < -0.4 is 0 Å².